The van der Waals surface area contributed by atoms with E-state index in [1.165, 1.54) is 12.1 Å². The summed E-state index contributed by atoms with van der Waals surface area (Å²) in [6.07, 6.45) is 1.50. The average molecular weight is 320 g/mol. The maximum absolute atomic E-state index is 12.3. The second-order valence-corrected chi connectivity index (χ2v) is 7.28. The lowest BCUT2D eigenvalue weighted by molar-refractivity contribution is 0.0697. The van der Waals surface area contributed by atoms with E-state index < -0.39 is 21.5 Å². The molecule has 1 aromatic rings. The van der Waals surface area contributed by atoms with Gasteiger partial charge in [0.1, 0.15) is 0 Å². The van der Waals surface area contributed by atoms with Gasteiger partial charge in [0, 0.05) is 5.54 Å². The first kappa shape index (κ1) is 16.9. The third-order valence-corrected chi connectivity index (χ3v) is 4.79. The number of hydrogen-bond donors (Lipinski definition) is 2. The number of sulfonamides is 1. The van der Waals surface area contributed by atoms with E-state index >= 15 is 0 Å². The minimum atomic E-state index is -3.78. The fourth-order valence-electron chi connectivity index (χ4n) is 1.93. The van der Waals surface area contributed by atoms with Gasteiger partial charge in [0.25, 0.3) is 0 Å². The van der Waals surface area contributed by atoms with Crippen molar-refractivity contribution in [3.63, 3.8) is 0 Å². The van der Waals surface area contributed by atoms with Crippen LogP contribution in [0.2, 0.25) is 5.02 Å². The standard InChI is InChI=1S/C13H18ClNO4S/c1-4-7-13(2,3)15-20(18,19)9-5-6-11(14)10(8-9)12(16)17/h5-6,8,15H,4,7H2,1-3H3,(H,16,17). The van der Waals surface area contributed by atoms with Crippen LogP contribution in [0.5, 0.6) is 0 Å². The minimum absolute atomic E-state index is 0.00395. The Hall–Kier alpha value is -1.11. The molecule has 5 nitrogen and oxygen atoms in total. The highest BCUT2D eigenvalue weighted by molar-refractivity contribution is 7.89. The smallest absolute Gasteiger partial charge is 0.337 e. The quantitative estimate of drug-likeness (QED) is 0.844. The zero-order valence-corrected chi connectivity index (χ0v) is 13.2. The normalized spacial score (nSPS) is 12.4. The van der Waals surface area contributed by atoms with E-state index in [1.807, 2.05) is 6.92 Å². The Kier molecular flexibility index (Phi) is 5.18. The van der Waals surface area contributed by atoms with Crippen LogP contribution in [0.1, 0.15) is 44.0 Å². The van der Waals surface area contributed by atoms with Crippen LogP contribution in [-0.2, 0) is 10.0 Å². The Balaban J connectivity index is 3.17. The highest BCUT2D eigenvalue weighted by atomic mass is 35.5. The molecule has 0 aliphatic heterocycles. The van der Waals surface area contributed by atoms with E-state index in [2.05, 4.69) is 4.72 Å². The minimum Gasteiger partial charge on any atom is -0.478 e. The summed E-state index contributed by atoms with van der Waals surface area (Å²) in [4.78, 5) is 10.9. The van der Waals surface area contributed by atoms with Gasteiger partial charge in [-0.3, -0.25) is 0 Å². The van der Waals surface area contributed by atoms with Crippen LogP contribution in [0, 0.1) is 0 Å². The summed E-state index contributed by atoms with van der Waals surface area (Å²) >= 11 is 5.73. The fourth-order valence-corrected chi connectivity index (χ4v) is 3.60. The molecule has 0 saturated carbocycles. The van der Waals surface area contributed by atoms with Crippen molar-refractivity contribution in [1.29, 1.82) is 0 Å². The Labute approximate surface area is 124 Å². The average Bonchev–Trinajstić information content (AvgIpc) is 2.26. The molecule has 0 heterocycles. The second kappa shape index (κ2) is 6.11. The van der Waals surface area contributed by atoms with E-state index in [1.54, 1.807) is 13.8 Å². The number of carbonyl (C=O) groups is 1. The molecule has 2 N–H and O–H groups in total. The van der Waals surface area contributed by atoms with E-state index in [0.29, 0.717) is 6.42 Å². The van der Waals surface area contributed by atoms with Gasteiger partial charge in [-0.25, -0.2) is 17.9 Å². The summed E-state index contributed by atoms with van der Waals surface area (Å²) in [5.74, 6) is -1.26. The van der Waals surface area contributed by atoms with Gasteiger partial charge in [-0.15, -0.1) is 0 Å². The molecular weight excluding hydrogens is 302 g/mol. The van der Waals surface area contributed by atoms with E-state index in [0.717, 1.165) is 12.5 Å². The molecule has 0 bridgehead atoms. The lowest BCUT2D eigenvalue weighted by atomic mass is 10.0. The van der Waals surface area contributed by atoms with Crippen molar-refractivity contribution in [2.75, 3.05) is 0 Å². The maximum atomic E-state index is 12.3. The highest BCUT2D eigenvalue weighted by Crippen LogP contribution is 2.22. The number of rotatable bonds is 6. The highest BCUT2D eigenvalue weighted by Gasteiger charge is 2.26. The first-order chi connectivity index (χ1) is 9.09. The van der Waals surface area contributed by atoms with Crippen molar-refractivity contribution in [3.8, 4) is 0 Å². The second-order valence-electron chi connectivity index (χ2n) is 5.19. The topological polar surface area (TPSA) is 83.5 Å². The number of aromatic carboxylic acids is 1. The zero-order valence-electron chi connectivity index (χ0n) is 11.6. The lowest BCUT2D eigenvalue weighted by Gasteiger charge is -2.25. The number of carboxylic acid groups (broad SMARTS) is 1. The van der Waals surface area contributed by atoms with Gasteiger partial charge >= 0.3 is 5.97 Å². The summed E-state index contributed by atoms with van der Waals surface area (Å²) in [5.41, 5.74) is -0.834. The molecule has 0 aliphatic rings. The van der Waals surface area contributed by atoms with Crippen LogP contribution >= 0.6 is 11.6 Å². The van der Waals surface area contributed by atoms with Crippen molar-refractivity contribution < 1.29 is 18.3 Å². The Morgan fingerprint density at radius 2 is 2.00 bits per heavy atom. The Morgan fingerprint density at radius 1 is 1.40 bits per heavy atom. The Morgan fingerprint density at radius 3 is 2.50 bits per heavy atom. The summed E-state index contributed by atoms with van der Waals surface area (Å²) in [7, 11) is -3.78. The fraction of sp³-hybridized carbons (Fsp3) is 0.462. The van der Waals surface area contributed by atoms with Crippen LogP contribution in [0.25, 0.3) is 0 Å². The van der Waals surface area contributed by atoms with Gasteiger partial charge in [-0.2, -0.15) is 0 Å². The number of carboxylic acids is 1. The monoisotopic (exact) mass is 319 g/mol. The zero-order chi connectivity index (χ0) is 15.6. The molecular formula is C13H18ClNO4S. The molecule has 0 amide bonds. The van der Waals surface area contributed by atoms with Crippen molar-refractivity contribution >= 4 is 27.6 Å². The third kappa shape index (κ3) is 4.19. The van der Waals surface area contributed by atoms with Crippen LogP contribution in [0.4, 0.5) is 0 Å². The molecule has 20 heavy (non-hydrogen) atoms. The molecule has 0 aromatic heterocycles. The molecule has 0 aliphatic carbocycles. The number of halogens is 1. The third-order valence-electron chi connectivity index (χ3n) is 2.76. The molecule has 1 rings (SSSR count). The van der Waals surface area contributed by atoms with Gasteiger partial charge in [0.05, 0.1) is 15.5 Å². The van der Waals surface area contributed by atoms with Crippen molar-refractivity contribution in [3.05, 3.63) is 28.8 Å². The van der Waals surface area contributed by atoms with Crippen LogP contribution in [0.15, 0.2) is 23.1 Å². The van der Waals surface area contributed by atoms with Crippen molar-refractivity contribution in [1.82, 2.24) is 4.72 Å². The lowest BCUT2D eigenvalue weighted by Crippen LogP contribution is -2.43. The summed E-state index contributed by atoms with van der Waals surface area (Å²) in [5, 5.41) is 8.98. The molecule has 7 heteroatoms. The largest absolute Gasteiger partial charge is 0.478 e. The predicted octanol–water partition coefficient (Wildman–Crippen LogP) is 2.90. The summed E-state index contributed by atoms with van der Waals surface area (Å²) in [6.45, 7) is 5.52. The van der Waals surface area contributed by atoms with Crippen LogP contribution in [0.3, 0.4) is 0 Å². The SMILES string of the molecule is CCCC(C)(C)NS(=O)(=O)c1ccc(Cl)c(C(=O)O)c1. The molecule has 0 fully saturated rings. The van der Waals surface area contributed by atoms with E-state index in [4.69, 9.17) is 16.7 Å². The molecule has 0 radical (unpaired) electrons. The Bertz CT molecular complexity index is 611. The van der Waals surface area contributed by atoms with Crippen molar-refractivity contribution in [2.45, 2.75) is 44.0 Å². The first-order valence-electron chi connectivity index (χ1n) is 6.16. The summed E-state index contributed by atoms with van der Waals surface area (Å²) < 4.78 is 27.1. The molecule has 0 spiro atoms. The van der Waals surface area contributed by atoms with Gasteiger partial charge in [0.15, 0.2) is 0 Å². The molecule has 112 valence electrons. The predicted molar refractivity (Wildman–Crippen MR) is 77.7 cm³/mol. The van der Waals surface area contributed by atoms with Crippen LogP contribution in [-0.4, -0.2) is 25.0 Å². The summed E-state index contributed by atoms with van der Waals surface area (Å²) in [6, 6.07) is 3.63. The van der Waals surface area contributed by atoms with Gasteiger partial charge in [0.2, 0.25) is 10.0 Å². The molecule has 1 aromatic carbocycles. The van der Waals surface area contributed by atoms with Crippen LogP contribution < -0.4 is 4.72 Å². The number of nitrogens with one attached hydrogen (secondary N) is 1. The van der Waals surface area contributed by atoms with E-state index in [-0.39, 0.29) is 15.5 Å². The molecule has 0 unspecified atom stereocenters. The molecule has 0 atom stereocenters. The maximum Gasteiger partial charge on any atom is 0.337 e. The number of hydrogen-bond acceptors (Lipinski definition) is 3. The van der Waals surface area contributed by atoms with Gasteiger partial charge < -0.3 is 5.11 Å². The number of benzene rings is 1. The van der Waals surface area contributed by atoms with Gasteiger partial charge in [-0.05, 0) is 38.5 Å². The van der Waals surface area contributed by atoms with E-state index in [9.17, 15) is 13.2 Å². The van der Waals surface area contributed by atoms with Gasteiger partial charge in [-0.1, -0.05) is 24.9 Å². The molecule has 0 saturated heterocycles. The first-order valence-corrected chi connectivity index (χ1v) is 8.02. The van der Waals surface area contributed by atoms with Crippen molar-refractivity contribution in [2.24, 2.45) is 0 Å².